The van der Waals surface area contributed by atoms with Crippen LogP contribution < -0.4 is 10.6 Å². The molecule has 1 saturated heterocycles. The summed E-state index contributed by atoms with van der Waals surface area (Å²) in [6.45, 7) is 3.48. The van der Waals surface area contributed by atoms with Gasteiger partial charge in [0.05, 0.1) is 12.6 Å². The van der Waals surface area contributed by atoms with Crippen LogP contribution in [-0.2, 0) is 9.59 Å². The molecule has 5 heteroatoms. The maximum absolute atomic E-state index is 11.7. The van der Waals surface area contributed by atoms with Crippen LogP contribution in [0.15, 0.2) is 0 Å². The predicted molar refractivity (Wildman–Crippen MR) is 52.7 cm³/mol. The third-order valence-corrected chi connectivity index (χ3v) is 2.35. The van der Waals surface area contributed by atoms with Crippen LogP contribution in [0.1, 0.15) is 13.3 Å². The molecule has 2 N–H and O–H groups in total. The zero-order chi connectivity index (χ0) is 10.6. The molecule has 0 aromatic rings. The molecule has 0 radical (unpaired) electrons. The Morgan fingerprint density at radius 3 is 3.07 bits per heavy atom. The van der Waals surface area contributed by atoms with Gasteiger partial charge in [-0.1, -0.05) is 0 Å². The van der Waals surface area contributed by atoms with Gasteiger partial charge in [0.2, 0.25) is 11.8 Å². The van der Waals surface area contributed by atoms with E-state index in [0.717, 1.165) is 13.0 Å². The molecule has 1 aliphatic heterocycles. The highest BCUT2D eigenvalue weighted by Gasteiger charge is 2.23. The van der Waals surface area contributed by atoms with Gasteiger partial charge in [-0.05, 0) is 19.9 Å². The third kappa shape index (κ3) is 2.70. The normalized spacial score (nSPS) is 23.1. The van der Waals surface area contributed by atoms with Crippen molar-refractivity contribution in [3.8, 4) is 0 Å². The van der Waals surface area contributed by atoms with Crippen LogP contribution in [0.25, 0.3) is 0 Å². The molecule has 2 amide bonds. The van der Waals surface area contributed by atoms with Crippen LogP contribution in [0.2, 0.25) is 0 Å². The average Bonchev–Trinajstić information content (AvgIpc) is 2.33. The topological polar surface area (TPSA) is 61.4 Å². The molecule has 1 unspecified atom stereocenters. The molecule has 1 rings (SSSR count). The van der Waals surface area contributed by atoms with Gasteiger partial charge in [0.1, 0.15) is 0 Å². The van der Waals surface area contributed by atoms with E-state index in [1.165, 1.54) is 0 Å². The number of carbonyl (C=O) groups is 2. The number of nitrogens with one attached hydrogen (secondary N) is 2. The Labute approximate surface area is 83.8 Å². The highest BCUT2D eigenvalue weighted by molar-refractivity contribution is 5.87. The molecule has 5 nitrogen and oxygen atoms in total. The minimum absolute atomic E-state index is 0.00565. The number of hydrogen-bond acceptors (Lipinski definition) is 3. The molecule has 0 aromatic carbocycles. The number of carbonyl (C=O) groups excluding carboxylic acids is 2. The van der Waals surface area contributed by atoms with Gasteiger partial charge in [0, 0.05) is 13.6 Å². The lowest BCUT2D eigenvalue weighted by Gasteiger charge is -2.21. The highest BCUT2D eigenvalue weighted by atomic mass is 16.2. The van der Waals surface area contributed by atoms with Crippen LogP contribution in [0.3, 0.4) is 0 Å². The summed E-state index contributed by atoms with van der Waals surface area (Å²) in [5.41, 5.74) is 0. The van der Waals surface area contributed by atoms with Crippen molar-refractivity contribution in [2.45, 2.75) is 19.4 Å². The summed E-state index contributed by atoms with van der Waals surface area (Å²) in [6, 6.07) is -0.179. The van der Waals surface area contributed by atoms with Crippen molar-refractivity contribution >= 4 is 11.8 Å². The Morgan fingerprint density at radius 2 is 2.43 bits per heavy atom. The van der Waals surface area contributed by atoms with Gasteiger partial charge >= 0.3 is 0 Å². The molecule has 0 aromatic heterocycles. The smallest absolute Gasteiger partial charge is 0.239 e. The Balaban J connectivity index is 2.56. The first-order valence-electron chi connectivity index (χ1n) is 4.88. The fraction of sp³-hybridized carbons (Fsp3) is 0.778. The molecule has 1 atom stereocenters. The molecule has 1 heterocycles. The van der Waals surface area contributed by atoms with Crippen molar-refractivity contribution in [2.24, 2.45) is 0 Å². The second kappa shape index (κ2) is 4.95. The molecular weight excluding hydrogens is 182 g/mol. The van der Waals surface area contributed by atoms with E-state index in [0.29, 0.717) is 6.54 Å². The molecule has 80 valence electrons. The van der Waals surface area contributed by atoms with E-state index in [-0.39, 0.29) is 24.4 Å². The fourth-order valence-electron chi connectivity index (χ4n) is 1.47. The van der Waals surface area contributed by atoms with Crippen LogP contribution in [-0.4, -0.2) is 49.4 Å². The molecular formula is C9H17N3O2. The number of amides is 2. The summed E-state index contributed by atoms with van der Waals surface area (Å²) in [5, 5.41) is 5.61. The fourth-order valence-corrected chi connectivity index (χ4v) is 1.47. The Kier molecular flexibility index (Phi) is 3.88. The summed E-state index contributed by atoms with van der Waals surface area (Å²) in [5.74, 6) is -0.112. The summed E-state index contributed by atoms with van der Waals surface area (Å²) in [7, 11) is 1.58. The van der Waals surface area contributed by atoms with Crippen molar-refractivity contribution < 1.29 is 9.59 Å². The number of likely N-dealkylation sites (N-methyl/N-ethyl adjacent to an activating group) is 1. The summed E-state index contributed by atoms with van der Waals surface area (Å²) < 4.78 is 0. The van der Waals surface area contributed by atoms with Gasteiger partial charge in [-0.2, -0.15) is 0 Å². The molecule has 0 bridgehead atoms. The van der Waals surface area contributed by atoms with Gasteiger partial charge in [0.25, 0.3) is 0 Å². The first-order chi connectivity index (χ1) is 6.65. The standard InChI is InChI=1S/C9H17N3O2/c1-7-9(14)12(5-3-4-11-7)6-8(13)10-2/h7,11H,3-6H2,1-2H3,(H,10,13). The van der Waals surface area contributed by atoms with Crippen molar-refractivity contribution in [3.63, 3.8) is 0 Å². The van der Waals surface area contributed by atoms with Crippen LogP contribution in [0, 0.1) is 0 Å². The van der Waals surface area contributed by atoms with E-state index >= 15 is 0 Å². The number of hydrogen-bond donors (Lipinski definition) is 2. The number of rotatable bonds is 2. The summed E-state index contributed by atoms with van der Waals surface area (Å²) in [6.07, 6.45) is 0.896. The first-order valence-corrected chi connectivity index (χ1v) is 4.88. The number of nitrogens with zero attached hydrogens (tertiary/aromatic N) is 1. The maximum Gasteiger partial charge on any atom is 0.239 e. The van der Waals surface area contributed by atoms with E-state index in [1.807, 2.05) is 6.92 Å². The Hall–Kier alpha value is -1.10. The lowest BCUT2D eigenvalue weighted by atomic mass is 10.3. The zero-order valence-corrected chi connectivity index (χ0v) is 8.67. The quantitative estimate of drug-likeness (QED) is 0.596. The minimum Gasteiger partial charge on any atom is -0.358 e. The molecule has 1 aliphatic rings. The van der Waals surface area contributed by atoms with E-state index in [2.05, 4.69) is 10.6 Å². The molecule has 14 heavy (non-hydrogen) atoms. The molecule has 0 spiro atoms. The van der Waals surface area contributed by atoms with Crippen LogP contribution in [0.5, 0.6) is 0 Å². The summed E-state index contributed by atoms with van der Waals surface area (Å²) in [4.78, 5) is 24.4. The Bertz CT molecular complexity index is 230. The summed E-state index contributed by atoms with van der Waals surface area (Å²) >= 11 is 0. The van der Waals surface area contributed by atoms with E-state index < -0.39 is 0 Å². The highest BCUT2D eigenvalue weighted by Crippen LogP contribution is 2.01. The van der Waals surface area contributed by atoms with Crippen molar-refractivity contribution in [1.82, 2.24) is 15.5 Å². The lowest BCUT2D eigenvalue weighted by molar-refractivity contribution is -0.136. The van der Waals surface area contributed by atoms with Gasteiger partial charge in [-0.3, -0.25) is 9.59 Å². The lowest BCUT2D eigenvalue weighted by Crippen LogP contribution is -2.45. The van der Waals surface area contributed by atoms with Gasteiger partial charge in [0.15, 0.2) is 0 Å². The first kappa shape index (κ1) is 11.0. The van der Waals surface area contributed by atoms with Gasteiger partial charge in [-0.15, -0.1) is 0 Å². The molecule has 1 fully saturated rings. The monoisotopic (exact) mass is 199 g/mol. The minimum atomic E-state index is -0.179. The maximum atomic E-state index is 11.7. The average molecular weight is 199 g/mol. The van der Waals surface area contributed by atoms with E-state index in [9.17, 15) is 9.59 Å². The van der Waals surface area contributed by atoms with E-state index in [4.69, 9.17) is 0 Å². The van der Waals surface area contributed by atoms with Crippen LogP contribution in [0.4, 0.5) is 0 Å². The van der Waals surface area contributed by atoms with Crippen LogP contribution >= 0.6 is 0 Å². The molecule has 0 saturated carbocycles. The van der Waals surface area contributed by atoms with Crippen molar-refractivity contribution in [2.75, 3.05) is 26.7 Å². The third-order valence-electron chi connectivity index (χ3n) is 2.35. The van der Waals surface area contributed by atoms with Crippen molar-refractivity contribution in [3.05, 3.63) is 0 Å². The van der Waals surface area contributed by atoms with Gasteiger partial charge < -0.3 is 15.5 Å². The second-order valence-corrected chi connectivity index (χ2v) is 3.46. The molecule has 0 aliphatic carbocycles. The van der Waals surface area contributed by atoms with Gasteiger partial charge in [-0.25, -0.2) is 0 Å². The second-order valence-electron chi connectivity index (χ2n) is 3.46. The largest absolute Gasteiger partial charge is 0.358 e. The SMILES string of the molecule is CNC(=O)CN1CCCNC(C)C1=O. The zero-order valence-electron chi connectivity index (χ0n) is 8.67. The predicted octanol–water partition coefficient (Wildman–Crippen LogP) is -1.06. The Morgan fingerprint density at radius 1 is 1.71 bits per heavy atom. The van der Waals surface area contributed by atoms with Crippen molar-refractivity contribution in [1.29, 1.82) is 0 Å². The van der Waals surface area contributed by atoms with E-state index in [1.54, 1.807) is 11.9 Å².